The average molecular weight is 597 g/mol. The van der Waals surface area contributed by atoms with Crippen LogP contribution in [-0.2, 0) is 9.59 Å². The highest BCUT2D eigenvalue weighted by Crippen LogP contribution is 2.45. The number of piperidine rings is 1. The molecular formula is C32H36N8O4. The summed E-state index contributed by atoms with van der Waals surface area (Å²) < 4.78 is 2.13. The number of amides is 3. The molecule has 4 aliphatic rings. The largest absolute Gasteiger partial charge is 0.385 e. The Balaban J connectivity index is 0.970. The molecule has 2 aliphatic heterocycles. The van der Waals surface area contributed by atoms with Crippen molar-refractivity contribution in [2.24, 2.45) is 5.92 Å². The Hall–Kier alpha value is -4.58. The molecule has 44 heavy (non-hydrogen) atoms. The molecule has 7 rings (SSSR count). The predicted molar refractivity (Wildman–Crippen MR) is 163 cm³/mol. The molecule has 0 radical (unpaired) electrons. The third-order valence-corrected chi connectivity index (χ3v) is 9.03. The van der Waals surface area contributed by atoms with Crippen LogP contribution in [0.4, 0.5) is 11.5 Å². The molecule has 1 aromatic carbocycles. The van der Waals surface area contributed by atoms with Crippen molar-refractivity contribution in [3.63, 3.8) is 0 Å². The SMILES string of the molecule is O=Cc1ccc(NCC2CC(n3cc(-c4cccc(NC5CNC5)n4)c(C4CC4)n3)C2)cc1C(=O)NC1CCC(=O)NC1=O. The zero-order chi connectivity index (χ0) is 30.2. The van der Waals surface area contributed by atoms with Gasteiger partial charge in [-0.2, -0.15) is 5.10 Å². The number of aldehydes is 1. The molecular weight excluding hydrogens is 560 g/mol. The lowest BCUT2D eigenvalue weighted by Crippen LogP contribution is -2.52. The lowest BCUT2D eigenvalue weighted by Gasteiger charge is -2.35. The quantitative estimate of drug-likeness (QED) is 0.166. The van der Waals surface area contributed by atoms with Crippen molar-refractivity contribution in [2.45, 2.75) is 62.6 Å². The molecule has 4 heterocycles. The highest BCUT2D eigenvalue weighted by Gasteiger charge is 2.35. The smallest absolute Gasteiger partial charge is 0.252 e. The summed E-state index contributed by atoms with van der Waals surface area (Å²) in [4.78, 5) is 53.0. The monoisotopic (exact) mass is 596 g/mol. The Bertz CT molecular complexity index is 1610. The first kappa shape index (κ1) is 28.2. The van der Waals surface area contributed by atoms with Crippen molar-refractivity contribution in [3.05, 3.63) is 59.4 Å². The summed E-state index contributed by atoms with van der Waals surface area (Å²) in [7, 11) is 0. The van der Waals surface area contributed by atoms with Crippen molar-refractivity contribution < 1.29 is 19.2 Å². The number of hydrogen-bond donors (Lipinski definition) is 5. The molecule has 3 aromatic rings. The van der Waals surface area contributed by atoms with Crippen LogP contribution < -0.4 is 26.6 Å². The van der Waals surface area contributed by atoms with Crippen LogP contribution in [0.25, 0.3) is 11.3 Å². The van der Waals surface area contributed by atoms with Gasteiger partial charge in [0.1, 0.15) is 11.9 Å². The molecule has 0 bridgehead atoms. The van der Waals surface area contributed by atoms with E-state index in [-0.39, 0.29) is 29.9 Å². The Kier molecular flexibility index (Phi) is 7.59. The van der Waals surface area contributed by atoms with E-state index in [2.05, 4.69) is 49.6 Å². The molecule has 5 N–H and O–H groups in total. The van der Waals surface area contributed by atoms with Gasteiger partial charge in [-0.3, -0.25) is 29.2 Å². The number of nitrogens with one attached hydrogen (secondary N) is 5. The maximum Gasteiger partial charge on any atom is 0.252 e. The van der Waals surface area contributed by atoms with E-state index >= 15 is 0 Å². The maximum atomic E-state index is 13.0. The molecule has 1 atom stereocenters. The maximum absolute atomic E-state index is 13.0. The molecule has 2 saturated heterocycles. The second kappa shape index (κ2) is 11.8. The van der Waals surface area contributed by atoms with Gasteiger partial charge < -0.3 is 21.3 Å². The van der Waals surface area contributed by atoms with E-state index in [4.69, 9.17) is 10.1 Å². The average Bonchev–Trinajstić information content (AvgIpc) is 3.74. The van der Waals surface area contributed by atoms with Crippen molar-refractivity contribution in [2.75, 3.05) is 30.3 Å². The summed E-state index contributed by atoms with van der Waals surface area (Å²) in [5.74, 6) is 0.431. The van der Waals surface area contributed by atoms with E-state index in [0.717, 1.165) is 60.9 Å². The summed E-state index contributed by atoms with van der Waals surface area (Å²) in [6.45, 7) is 2.64. The molecule has 12 nitrogen and oxygen atoms in total. The minimum absolute atomic E-state index is 0.156. The van der Waals surface area contributed by atoms with Gasteiger partial charge >= 0.3 is 0 Å². The number of nitrogens with zero attached hydrogens (tertiary/aromatic N) is 3. The van der Waals surface area contributed by atoms with Crippen LogP contribution in [0.15, 0.2) is 42.6 Å². The number of carbonyl (C=O) groups is 4. The van der Waals surface area contributed by atoms with Crippen LogP contribution in [0.3, 0.4) is 0 Å². The number of carbonyl (C=O) groups excluding carboxylic acids is 4. The summed E-state index contributed by atoms with van der Waals surface area (Å²) in [6, 6.07) is 11.1. The van der Waals surface area contributed by atoms with Gasteiger partial charge in [-0.15, -0.1) is 0 Å². The molecule has 0 spiro atoms. The number of benzene rings is 1. The molecule has 12 heteroatoms. The summed E-state index contributed by atoms with van der Waals surface area (Å²) in [5, 5.41) is 20.1. The van der Waals surface area contributed by atoms with Crippen LogP contribution in [-0.4, -0.2) is 70.5 Å². The summed E-state index contributed by atoms with van der Waals surface area (Å²) in [6.07, 6.45) is 7.49. The van der Waals surface area contributed by atoms with Gasteiger partial charge in [0.2, 0.25) is 11.8 Å². The van der Waals surface area contributed by atoms with Gasteiger partial charge in [0.15, 0.2) is 6.29 Å². The Morgan fingerprint density at radius 1 is 1.09 bits per heavy atom. The molecule has 2 aromatic heterocycles. The molecule has 2 aliphatic carbocycles. The highest BCUT2D eigenvalue weighted by atomic mass is 16.2. The molecule has 4 fully saturated rings. The van der Waals surface area contributed by atoms with Crippen LogP contribution in [0.1, 0.15) is 76.9 Å². The van der Waals surface area contributed by atoms with E-state index in [9.17, 15) is 19.2 Å². The van der Waals surface area contributed by atoms with Gasteiger partial charge in [-0.25, -0.2) is 4.98 Å². The zero-order valence-electron chi connectivity index (χ0n) is 24.3. The number of aromatic nitrogens is 3. The normalized spacial score (nSPS) is 23.2. The van der Waals surface area contributed by atoms with Crippen molar-refractivity contribution >= 4 is 35.5 Å². The van der Waals surface area contributed by atoms with E-state index in [1.807, 2.05) is 6.07 Å². The molecule has 228 valence electrons. The second-order valence-corrected chi connectivity index (χ2v) is 12.4. The number of rotatable bonds is 11. The number of hydrogen-bond acceptors (Lipinski definition) is 9. The number of pyridine rings is 1. The van der Waals surface area contributed by atoms with Gasteiger partial charge in [-0.1, -0.05) is 6.07 Å². The van der Waals surface area contributed by atoms with Crippen LogP contribution in [0, 0.1) is 5.92 Å². The first-order valence-electron chi connectivity index (χ1n) is 15.4. The minimum Gasteiger partial charge on any atom is -0.385 e. The lowest BCUT2D eigenvalue weighted by atomic mass is 9.80. The van der Waals surface area contributed by atoms with Gasteiger partial charge in [0.05, 0.1) is 29.0 Å². The Morgan fingerprint density at radius 2 is 1.93 bits per heavy atom. The summed E-state index contributed by atoms with van der Waals surface area (Å²) in [5.41, 5.74) is 4.39. The molecule has 1 unspecified atom stereocenters. The Morgan fingerprint density at radius 3 is 2.66 bits per heavy atom. The van der Waals surface area contributed by atoms with E-state index in [1.165, 1.54) is 12.8 Å². The standard InChI is InChI=1S/C32H36N8O4/c41-17-20-6-7-21(12-24(20)31(43)37-27-8-9-29(42)38-32(27)44)34-13-18-10-23(11-18)40-16-25(30(39-40)19-4-5-19)26-2-1-3-28(36-26)35-22-14-33-15-22/h1-3,6-7,12,16-19,22-23,27,33-34H,4-5,8-11,13-15H2,(H,35,36)(H,37,43)(H,38,42,44). The fourth-order valence-corrected chi connectivity index (χ4v) is 6.09. The van der Waals surface area contributed by atoms with Crippen LogP contribution >= 0.6 is 0 Å². The predicted octanol–water partition coefficient (Wildman–Crippen LogP) is 2.62. The third kappa shape index (κ3) is 5.94. The summed E-state index contributed by atoms with van der Waals surface area (Å²) >= 11 is 0. The fraction of sp³-hybridized carbons (Fsp3) is 0.438. The van der Waals surface area contributed by atoms with Crippen LogP contribution in [0.5, 0.6) is 0 Å². The van der Waals surface area contributed by atoms with E-state index < -0.39 is 17.9 Å². The van der Waals surface area contributed by atoms with Crippen molar-refractivity contribution in [1.29, 1.82) is 0 Å². The van der Waals surface area contributed by atoms with Crippen LogP contribution in [0.2, 0.25) is 0 Å². The number of imide groups is 1. The van der Waals surface area contributed by atoms with Crippen molar-refractivity contribution in [3.8, 4) is 11.3 Å². The van der Waals surface area contributed by atoms with E-state index in [0.29, 0.717) is 30.2 Å². The number of anilines is 2. The Labute approximate surface area is 254 Å². The van der Waals surface area contributed by atoms with Gasteiger partial charge in [0.25, 0.3) is 5.91 Å². The second-order valence-electron chi connectivity index (χ2n) is 12.4. The topological polar surface area (TPSA) is 159 Å². The van der Waals surface area contributed by atoms with Gasteiger partial charge in [0, 0.05) is 55.0 Å². The molecule has 2 saturated carbocycles. The third-order valence-electron chi connectivity index (χ3n) is 9.03. The molecule has 3 amide bonds. The minimum atomic E-state index is -0.812. The fourth-order valence-electron chi connectivity index (χ4n) is 6.09. The van der Waals surface area contributed by atoms with Crippen molar-refractivity contribution in [1.82, 2.24) is 30.7 Å². The first-order valence-corrected chi connectivity index (χ1v) is 15.4. The lowest BCUT2D eigenvalue weighted by molar-refractivity contribution is -0.134. The first-order chi connectivity index (χ1) is 21.4. The highest BCUT2D eigenvalue weighted by molar-refractivity contribution is 6.06. The van der Waals surface area contributed by atoms with Gasteiger partial charge in [-0.05, 0) is 68.4 Å². The van der Waals surface area contributed by atoms with E-state index in [1.54, 1.807) is 18.2 Å². The zero-order valence-corrected chi connectivity index (χ0v) is 24.3.